The van der Waals surface area contributed by atoms with Crippen LogP contribution in [-0.4, -0.2) is 68.3 Å². The minimum Gasteiger partial charge on any atom is -0.496 e. The number of ether oxygens (including phenoxy) is 1. The van der Waals surface area contributed by atoms with Crippen molar-refractivity contribution < 1.29 is 19.4 Å². The molecule has 0 saturated carbocycles. The van der Waals surface area contributed by atoms with Crippen LogP contribution in [0.5, 0.6) is 5.75 Å². The highest BCUT2D eigenvalue weighted by Gasteiger charge is 2.42. The quantitative estimate of drug-likeness (QED) is 0.610. The number of carbonyl (C=O) groups is 2. The number of aliphatic hydroxyl groups is 1. The molecular formula is C28H35N3O4. The number of anilines is 1. The monoisotopic (exact) mass is 477 g/mol. The molecule has 35 heavy (non-hydrogen) atoms. The maximum absolute atomic E-state index is 12.7. The van der Waals surface area contributed by atoms with Crippen molar-refractivity contribution in [3.8, 4) is 5.75 Å². The van der Waals surface area contributed by atoms with Crippen LogP contribution < -0.4 is 15.0 Å². The van der Waals surface area contributed by atoms with Crippen LogP contribution in [0.15, 0.2) is 48.5 Å². The molecule has 2 aliphatic rings. The molecule has 2 aromatic carbocycles. The molecule has 2 aromatic rings. The van der Waals surface area contributed by atoms with Gasteiger partial charge < -0.3 is 20.1 Å². The van der Waals surface area contributed by atoms with Gasteiger partial charge in [0.15, 0.2) is 0 Å². The molecule has 0 radical (unpaired) electrons. The lowest BCUT2D eigenvalue weighted by atomic mass is 9.85. The number of rotatable bonds is 8. The van der Waals surface area contributed by atoms with E-state index in [1.165, 1.54) is 5.57 Å². The van der Waals surface area contributed by atoms with Gasteiger partial charge in [-0.05, 0) is 62.1 Å². The Balaban J connectivity index is 1.26. The molecular weight excluding hydrogens is 442 g/mol. The Bertz CT molecular complexity index is 1140. The fourth-order valence-electron chi connectivity index (χ4n) is 4.99. The highest BCUT2D eigenvalue weighted by molar-refractivity contribution is 6.08. The van der Waals surface area contributed by atoms with Crippen molar-refractivity contribution in [3.05, 3.63) is 65.2 Å². The summed E-state index contributed by atoms with van der Waals surface area (Å²) >= 11 is 0. The molecule has 0 fully saturated rings. The Hall–Kier alpha value is -3.16. The SMILES string of the molecule is COc1ccccc1C1=CCN(C[C@H](O)CCNC(=O)c2ccc3c(c2)C(C)(C)C(=O)N3C)CC1. The molecule has 0 unspecified atom stereocenters. The Morgan fingerprint density at radius 3 is 2.71 bits per heavy atom. The van der Waals surface area contributed by atoms with Crippen LogP contribution in [0, 0.1) is 0 Å². The number of hydrogen-bond acceptors (Lipinski definition) is 5. The first kappa shape index (κ1) is 24.9. The second kappa shape index (κ2) is 10.2. The fraction of sp³-hybridized carbons (Fsp3) is 0.429. The maximum atomic E-state index is 12.7. The molecule has 7 heteroatoms. The molecule has 0 bridgehead atoms. The lowest BCUT2D eigenvalue weighted by Crippen LogP contribution is -2.37. The summed E-state index contributed by atoms with van der Waals surface area (Å²) in [6.45, 7) is 6.35. The molecule has 0 aromatic heterocycles. The van der Waals surface area contributed by atoms with E-state index in [4.69, 9.17) is 4.74 Å². The summed E-state index contributed by atoms with van der Waals surface area (Å²) in [6.07, 6.45) is 3.05. The topological polar surface area (TPSA) is 82.1 Å². The van der Waals surface area contributed by atoms with Gasteiger partial charge in [0.1, 0.15) is 5.75 Å². The molecule has 0 aliphatic carbocycles. The summed E-state index contributed by atoms with van der Waals surface area (Å²) in [5.41, 5.74) is 3.99. The third-order valence-electron chi connectivity index (χ3n) is 7.11. The van der Waals surface area contributed by atoms with Crippen LogP contribution in [0.1, 0.15) is 48.2 Å². The summed E-state index contributed by atoms with van der Waals surface area (Å²) in [6, 6.07) is 13.4. The predicted molar refractivity (Wildman–Crippen MR) is 138 cm³/mol. The van der Waals surface area contributed by atoms with Gasteiger partial charge in [0, 0.05) is 50.0 Å². The van der Waals surface area contributed by atoms with Crippen molar-refractivity contribution in [2.45, 2.75) is 38.2 Å². The second-order valence-electron chi connectivity index (χ2n) is 9.86. The molecule has 2 N–H and O–H groups in total. The lowest BCUT2D eigenvalue weighted by molar-refractivity contribution is -0.121. The van der Waals surface area contributed by atoms with E-state index in [2.05, 4.69) is 22.4 Å². The molecule has 7 nitrogen and oxygen atoms in total. The van der Waals surface area contributed by atoms with Crippen molar-refractivity contribution in [2.24, 2.45) is 0 Å². The Kier molecular flexibility index (Phi) is 7.28. The summed E-state index contributed by atoms with van der Waals surface area (Å²) in [5.74, 6) is 0.712. The van der Waals surface area contributed by atoms with Crippen LogP contribution >= 0.6 is 0 Å². The Morgan fingerprint density at radius 1 is 1.23 bits per heavy atom. The molecule has 0 saturated heterocycles. The maximum Gasteiger partial charge on any atom is 0.251 e. The summed E-state index contributed by atoms with van der Waals surface area (Å²) < 4.78 is 5.48. The van der Waals surface area contributed by atoms with Gasteiger partial charge in [0.2, 0.25) is 5.91 Å². The minimum absolute atomic E-state index is 0.0239. The highest BCUT2D eigenvalue weighted by Crippen LogP contribution is 2.41. The van der Waals surface area contributed by atoms with Gasteiger partial charge in [0.05, 0.1) is 18.6 Å². The fourth-order valence-corrected chi connectivity index (χ4v) is 4.99. The van der Waals surface area contributed by atoms with Gasteiger partial charge >= 0.3 is 0 Å². The molecule has 0 spiro atoms. The first-order chi connectivity index (χ1) is 16.7. The van der Waals surface area contributed by atoms with Gasteiger partial charge in [-0.3, -0.25) is 14.5 Å². The average molecular weight is 478 g/mol. The summed E-state index contributed by atoms with van der Waals surface area (Å²) in [4.78, 5) is 29.0. The van der Waals surface area contributed by atoms with Crippen molar-refractivity contribution in [3.63, 3.8) is 0 Å². The van der Waals surface area contributed by atoms with E-state index in [0.717, 1.165) is 42.1 Å². The smallest absolute Gasteiger partial charge is 0.251 e. The third kappa shape index (κ3) is 5.11. The number of hydrogen-bond donors (Lipinski definition) is 2. The molecule has 2 amide bonds. The molecule has 1 atom stereocenters. The van der Waals surface area contributed by atoms with E-state index >= 15 is 0 Å². The van der Waals surface area contributed by atoms with Gasteiger partial charge in [0.25, 0.3) is 5.91 Å². The normalized spacial score (nSPS) is 18.1. The van der Waals surface area contributed by atoms with Crippen LogP contribution in [0.2, 0.25) is 0 Å². The molecule has 4 rings (SSSR count). The Labute approximate surface area is 207 Å². The first-order valence-corrected chi connectivity index (χ1v) is 12.2. The zero-order valence-electron chi connectivity index (χ0n) is 21.0. The van der Waals surface area contributed by atoms with E-state index in [-0.39, 0.29) is 11.8 Å². The van der Waals surface area contributed by atoms with E-state index in [1.54, 1.807) is 25.1 Å². The van der Waals surface area contributed by atoms with Crippen LogP contribution in [0.25, 0.3) is 5.57 Å². The number of methoxy groups -OCH3 is 1. The van der Waals surface area contributed by atoms with Crippen LogP contribution in [0.3, 0.4) is 0 Å². The number of amides is 2. The molecule has 186 valence electrons. The number of carbonyl (C=O) groups excluding carboxylic acids is 2. The zero-order chi connectivity index (χ0) is 25.2. The summed E-state index contributed by atoms with van der Waals surface area (Å²) in [5, 5.41) is 13.4. The van der Waals surface area contributed by atoms with E-state index in [1.807, 2.05) is 44.2 Å². The number of aliphatic hydroxyl groups excluding tert-OH is 1. The van der Waals surface area contributed by atoms with Crippen LogP contribution in [-0.2, 0) is 10.2 Å². The number of fused-ring (bicyclic) bond motifs is 1. The molecule has 2 aliphatic heterocycles. The standard InChI is InChI=1S/C28H35N3O4/c1-28(2)23-17-20(9-10-24(23)30(3)27(28)34)26(33)29-14-11-21(32)18-31-15-12-19(13-16-31)22-7-5-6-8-25(22)35-4/h5-10,12,17,21,32H,11,13-16,18H2,1-4H3,(H,29,33)/t21-/m1/s1. The van der Waals surface area contributed by atoms with Gasteiger partial charge in [-0.2, -0.15) is 0 Å². The van der Waals surface area contributed by atoms with Crippen molar-refractivity contribution in [1.82, 2.24) is 10.2 Å². The van der Waals surface area contributed by atoms with Gasteiger partial charge in [-0.1, -0.05) is 24.3 Å². The zero-order valence-corrected chi connectivity index (χ0v) is 21.0. The van der Waals surface area contributed by atoms with E-state index < -0.39 is 11.5 Å². The molecule has 2 heterocycles. The van der Waals surface area contributed by atoms with Gasteiger partial charge in [-0.15, -0.1) is 0 Å². The van der Waals surface area contributed by atoms with Crippen LogP contribution in [0.4, 0.5) is 5.69 Å². The van der Waals surface area contributed by atoms with Gasteiger partial charge in [-0.25, -0.2) is 0 Å². The number of nitrogens with zero attached hydrogens (tertiary/aromatic N) is 2. The number of benzene rings is 2. The second-order valence-corrected chi connectivity index (χ2v) is 9.86. The van der Waals surface area contributed by atoms with E-state index in [0.29, 0.717) is 25.1 Å². The minimum atomic E-state index is -0.648. The number of nitrogens with one attached hydrogen (secondary N) is 1. The van der Waals surface area contributed by atoms with Crippen molar-refractivity contribution >= 4 is 23.1 Å². The van der Waals surface area contributed by atoms with Crippen molar-refractivity contribution in [1.29, 1.82) is 0 Å². The lowest BCUT2D eigenvalue weighted by Gasteiger charge is -2.28. The predicted octanol–water partition coefficient (Wildman–Crippen LogP) is 3.22. The number of para-hydroxylation sites is 1. The number of β-amino-alcohol motifs (C(OH)–C–C–N with tert-alkyl or cyclic N) is 1. The van der Waals surface area contributed by atoms with Crippen molar-refractivity contribution in [2.75, 3.05) is 45.2 Å². The number of likely N-dealkylation sites (N-methyl/N-ethyl adjacent to an activating group) is 1. The largest absolute Gasteiger partial charge is 0.496 e. The van der Waals surface area contributed by atoms with E-state index in [9.17, 15) is 14.7 Å². The summed E-state index contributed by atoms with van der Waals surface area (Å²) in [7, 11) is 3.45. The Morgan fingerprint density at radius 2 is 2.00 bits per heavy atom. The first-order valence-electron chi connectivity index (χ1n) is 12.2. The highest BCUT2D eigenvalue weighted by atomic mass is 16.5. The average Bonchev–Trinajstić information content (AvgIpc) is 3.04. The third-order valence-corrected chi connectivity index (χ3v) is 7.11.